The van der Waals surface area contributed by atoms with E-state index in [4.69, 9.17) is 5.73 Å². The fourth-order valence-corrected chi connectivity index (χ4v) is 1.57. The molecule has 0 aliphatic rings. The second-order valence-electron chi connectivity index (χ2n) is 3.85. The van der Waals surface area contributed by atoms with E-state index in [1.54, 1.807) is 6.07 Å². The van der Waals surface area contributed by atoms with Crippen LogP contribution >= 0.6 is 0 Å². The van der Waals surface area contributed by atoms with Gasteiger partial charge in [0.1, 0.15) is 5.82 Å². The van der Waals surface area contributed by atoms with Gasteiger partial charge in [-0.2, -0.15) is 8.78 Å². The van der Waals surface area contributed by atoms with Gasteiger partial charge in [0, 0.05) is 12.1 Å². The molecule has 0 saturated heterocycles. The molecule has 0 atom stereocenters. The van der Waals surface area contributed by atoms with E-state index in [1.165, 1.54) is 18.2 Å². The van der Waals surface area contributed by atoms with Crippen LogP contribution in [-0.2, 0) is 0 Å². The average Bonchev–Trinajstić information content (AvgIpc) is 2.37. The maximum absolute atomic E-state index is 13.5. The first-order valence-corrected chi connectivity index (χ1v) is 5.52. The molecule has 106 valence electrons. The molecule has 0 heterocycles. The maximum Gasteiger partial charge on any atom is 0.387 e. The third-order valence-electron chi connectivity index (χ3n) is 2.46. The molecule has 0 saturated carbocycles. The molecule has 0 aliphatic carbocycles. The Bertz CT molecular complexity index is 619. The van der Waals surface area contributed by atoms with Crippen LogP contribution in [0, 0.1) is 11.6 Å². The standard InChI is InChI=1S/C13H10F4N2O/c14-7-3-1-2-4-10(7)19-11-6-12(20-13(16)17)8(15)5-9(11)18/h1-6,13,19H,18H2. The predicted molar refractivity (Wildman–Crippen MR) is 67.1 cm³/mol. The Kier molecular flexibility index (Phi) is 3.97. The van der Waals surface area contributed by atoms with Crippen molar-refractivity contribution >= 4 is 17.1 Å². The van der Waals surface area contributed by atoms with E-state index in [0.29, 0.717) is 0 Å². The molecule has 2 aromatic rings. The van der Waals surface area contributed by atoms with E-state index >= 15 is 0 Å². The van der Waals surface area contributed by atoms with Crippen molar-refractivity contribution in [3.05, 3.63) is 48.0 Å². The first-order chi connectivity index (χ1) is 9.47. The molecule has 2 rings (SSSR count). The number of nitrogen functional groups attached to an aromatic ring is 1. The Morgan fingerprint density at radius 3 is 2.35 bits per heavy atom. The molecule has 0 fully saturated rings. The number of rotatable bonds is 4. The minimum Gasteiger partial charge on any atom is -0.432 e. The number of nitrogens with two attached hydrogens (primary N) is 1. The molecule has 0 aliphatic heterocycles. The second kappa shape index (κ2) is 5.68. The lowest BCUT2D eigenvalue weighted by atomic mass is 10.2. The second-order valence-corrected chi connectivity index (χ2v) is 3.85. The van der Waals surface area contributed by atoms with Crippen molar-refractivity contribution in [2.75, 3.05) is 11.1 Å². The van der Waals surface area contributed by atoms with Crippen LogP contribution in [-0.4, -0.2) is 6.61 Å². The summed E-state index contributed by atoms with van der Waals surface area (Å²) in [6.45, 7) is -3.17. The molecule has 2 aromatic carbocycles. The number of halogens is 4. The van der Waals surface area contributed by atoms with Crippen LogP contribution in [0.1, 0.15) is 0 Å². The minimum atomic E-state index is -3.17. The third kappa shape index (κ3) is 3.11. The van der Waals surface area contributed by atoms with Crippen molar-refractivity contribution < 1.29 is 22.3 Å². The number of para-hydroxylation sites is 1. The molecular formula is C13H10F4N2O. The van der Waals surface area contributed by atoms with Gasteiger partial charge in [-0.15, -0.1) is 0 Å². The van der Waals surface area contributed by atoms with Crippen molar-refractivity contribution in [1.29, 1.82) is 0 Å². The zero-order valence-electron chi connectivity index (χ0n) is 10.0. The lowest BCUT2D eigenvalue weighted by Gasteiger charge is -2.13. The summed E-state index contributed by atoms with van der Waals surface area (Å²) in [5.74, 6) is -2.26. The summed E-state index contributed by atoms with van der Waals surface area (Å²) in [6.07, 6.45) is 0. The molecule has 0 radical (unpaired) electrons. The van der Waals surface area contributed by atoms with Gasteiger partial charge in [-0.3, -0.25) is 0 Å². The summed E-state index contributed by atoms with van der Waals surface area (Å²) in [7, 11) is 0. The molecule has 3 nitrogen and oxygen atoms in total. The average molecular weight is 286 g/mol. The molecule has 0 aromatic heterocycles. The van der Waals surface area contributed by atoms with Gasteiger partial charge in [-0.05, 0) is 12.1 Å². The number of ether oxygens (including phenoxy) is 1. The van der Waals surface area contributed by atoms with E-state index < -0.39 is 24.0 Å². The van der Waals surface area contributed by atoms with E-state index in [1.807, 2.05) is 0 Å². The summed E-state index contributed by atoms with van der Waals surface area (Å²) >= 11 is 0. The first-order valence-electron chi connectivity index (χ1n) is 5.52. The van der Waals surface area contributed by atoms with Crippen molar-refractivity contribution in [1.82, 2.24) is 0 Å². The minimum absolute atomic E-state index is 0.0622. The van der Waals surface area contributed by atoms with Crippen LogP contribution in [0.2, 0.25) is 0 Å². The molecule has 0 unspecified atom stereocenters. The van der Waals surface area contributed by atoms with Crippen LogP contribution < -0.4 is 15.8 Å². The number of hydrogen-bond acceptors (Lipinski definition) is 3. The van der Waals surface area contributed by atoms with Gasteiger partial charge in [-0.1, -0.05) is 12.1 Å². The van der Waals surface area contributed by atoms with Gasteiger partial charge >= 0.3 is 6.61 Å². The topological polar surface area (TPSA) is 47.3 Å². The molecule has 3 N–H and O–H groups in total. The van der Waals surface area contributed by atoms with Gasteiger partial charge < -0.3 is 15.8 Å². The summed E-state index contributed by atoms with van der Waals surface area (Å²) < 4.78 is 55.1. The largest absolute Gasteiger partial charge is 0.432 e. The molecular weight excluding hydrogens is 276 g/mol. The number of hydrogen-bond donors (Lipinski definition) is 2. The van der Waals surface area contributed by atoms with E-state index in [9.17, 15) is 17.6 Å². The lowest BCUT2D eigenvalue weighted by molar-refractivity contribution is -0.0521. The van der Waals surface area contributed by atoms with E-state index in [0.717, 1.165) is 12.1 Å². The van der Waals surface area contributed by atoms with E-state index in [-0.39, 0.29) is 17.1 Å². The zero-order valence-corrected chi connectivity index (χ0v) is 10.0. The monoisotopic (exact) mass is 286 g/mol. The lowest BCUT2D eigenvalue weighted by Crippen LogP contribution is -2.06. The summed E-state index contributed by atoms with van der Waals surface area (Å²) in [6, 6.07) is 7.45. The van der Waals surface area contributed by atoms with Gasteiger partial charge in [0.05, 0.1) is 17.1 Å². The number of benzene rings is 2. The van der Waals surface area contributed by atoms with Crippen LogP contribution in [0.15, 0.2) is 36.4 Å². The third-order valence-corrected chi connectivity index (χ3v) is 2.46. The quantitative estimate of drug-likeness (QED) is 0.662. The SMILES string of the molecule is Nc1cc(F)c(OC(F)F)cc1Nc1ccccc1F. The van der Waals surface area contributed by atoms with Crippen molar-refractivity contribution in [3.8, 4) is 5.75 Å². The molecule has 0 spiro atoms. The number of alkyl halides is 2. The highest BCUT2D eigenvalue weighted by atomic mass is 19.3. The molecule has 7 heteroatoms. The van der Waals surface area contributed by atoms with Crippen molar-refractivity contribution in [2.45, 2.75) is 6.61 Å². The highest BCUT2D eigenvalue weighted by Gasteiger charge is 2.14. The normalized spacial score (nSPS) is 10.7. The van der Waals surface area contributed by atoms with Crippen LogP contribution in [0.5, 0.6) is 5.75 Å². The Morgan fingerprint density at radius 1 is 1.00 bits per heavy atom. The smallest absolute Gasteiger partial charge is 0.387 e. The van der Waals surface area contributed by atoms with Gasteiger partial charge in [-0.25, -0.2) is 8.78 Å². The van der Waals surface area contributed by atoms with Crippen LogP contribution in [0.25, 0.3) is 0 Å². The van der Waals surface area contributed by atoms with Gasteiger partial charge in [0.2, 0.25) is 0 Å². The number of anilines is 3. The van der Waals surface area contributed by atoms with Crippen molar-refractivity contribution in [3.63, 3.8) is 0 Å². The van der Waals surface area contributed by atoms with Crippen LogP contribution in [0.3, 0.4) is 0 Å². The maximum atomic E-state index is 13.5. The molecule has 0 bridgehead atoms. The van der Waals surface area contributed by atoms with Crippen LogP contribution in [0.4, 0.5) is 34.6 Å². The summed E-state index contributed by atoms with van der Waals surface area (Å²) in [4.78, 5) is 0. The summed E-state index contributed by atoms with van der Waals surface area (Å²) in [5, 5.41) is 2.59. The fraction of sp³-hybridized carbons (Fsp3) is 0.0769. The predicted octanol–water partition coefficient (Wildman–Crippen LogP) is 3.89. The zero-order chi connectivity index (χ0) is 14.7. The Balaban J connectivity index is 2.34. The Morgan fingerprint density at radius 2 is 1.70 bits per heavy atom. The van der Waals surface area contributed by atoms with Gasteiger partial charge in [0.15, 0.2) is 11.6 Å². The van der Waals surface area contributed by atoms with Crippen molar-refractivity contribution in [2.24, 2.45) is 0 Å². The molecule has 20 heavy (non-hydrogen) atoms. The molecule has 0 amide bonds. The first kappa shape index (κ1) is 14.0. The number of nitrogens with one attached hydrogen (secondary N) is 1. The highest BCUT2D eigenvalue weighted by Crippen LogP contribution is 2.31. The Hall–Kier alpha value is -2.44. The summed E-state index contributed by atoms with van der Waals surface area (Å²) in [5.41, 5.74) is 5.63. The fourth-order valence-electron chi connectivity index (χ4n) is 1.57. The Labute approximate surface area is 112 Å². The van der Waals surface area contributed by atoms with Gasteiger partial charge in [0.25, 0.3) is 0 Å². The highest BCUT2D eigenvalue weighted by molar-refractivity contribution is 5.74. The van der Waals surface area contributed by atoms with E-state index in [2.05, 4.69) is 10.1 Å².